The van der Waals surface area contributed by atoms with Crippen LogP contribution < -0.4 is 5.32 Å². The maximum absolute atomic E-state index is 12.0. The second-order valence-corrected chi connectivity index (χ2v) is 6.32. The highest BCUT2D eigenvalue weighted by molar-refractivity contribution is 5.74. The molecule has 0 aliphatic carbocycles. The minimum Gasteiger partial charge on any atom is -0.339 e. The predicted molar refractivity (Wildman–Crippen MR) is 91.5 cm³/mol. The molecular formula is C18H24N4O2. The smallest absolute Gasteiger partial charge is 0.317 e. The molecule has 1 atom stereocenters. The first-order valence-corrected chi connectivity index (χ1v) is 8.58. The first kappa shape index (κ1) is 16.5. The molecule has 128 valence electrons. The van der Waals surface area contributed by atoms with Crippen LogP contribution in [0.5, 0.6) is 0 Å². The van der Waals surface area contributed by atoms with Crippen LogP contribution >= 0.6 is 0 Å². The summed E-state index contributed by atoms with van der Waals surface area (Å²) in [6.45, 7) is 6.19. The van der Waals surface area contributed by atoms with Gasteiger partial charge in [-0.3, -0.25) is 0 Å². The van der Waals surface area contributed by atoms with Crippen LogP contribution in [0.25, 0.3) is 11.4 Å². The summed E-state index contributed by atoms with van der Waals surface area (Å²) in [4.78, 5) is 18.4. The number of likely N-dealkylation sites (tertiary alicyclic amines) is 1. The summed E-state index contributed by atoms with van der Waals surface area (Å²) in [6, 6.07) is 8.04. The number of nitrogens with zero attached hydrogens (tertiary/aromatic N) is 3. The molecule has 0 radical (unpaired) electrons. The fourth-order valence-electron chi connectivity index (χ4n) is 3.20. The Balaban J connectivity index is 1.64. The van der Waals surface area contributed by atoms with E-state index in [9.17, 15) is 4.79 Å². The zero-order valence-electron chi connectivity index (χ0n) is 14.3. The van der Waals surface area contributed by atoms with Crippen molar-refractivity contribution in [3.05, 3.63) is 35.7 Å². The lowest BCUT2D eigenvalue weighted by Gasteiger charge is -2.32. The van der Waals surface area contributed by atoms with Gasteiger partial charge in [0.05, 0.1) is 0 Å². The quantitative estimate of drug-likeness (QED) is 0.936. The average Bonchev–Trinajstić information content (AvgIpc) is 3.04. The van der Waals surface area contributed by atoms with Gasteiger partial charge in [0.25, 0.3) is 0 Å². The molecule has 1 aliphatic heterocycles. The molecule has 1 aromatic carbocycles. The Morgan fingerprint density at radius 2 is 2.25 bits per heavy atom. The van der Waals surface area contributed by atoms with Crippen molar-refractivity contribution in [1.29, 1.82) is 0 Å². The van der Waals surface area contributed by atoms with E-state index in [-0.39, 0.29) is 6.03 Å². The van der Waals surface area contributed by atoms with Crippen LogP contribution in [0.4, 0.5) is 4.79 Å². The number of aryl methyl sites for hydroxylation is 1. The van der Waals surface area contributed by atoms with Gasteiger partial charge in [-0.15, -0.1) is 0 Å². The molecule has 6 nitrogen and oxygen atoms in total. The monoisotopic (exact) mass is 328 g/mol. The van der Waals surface area contributed by atoms with Gasteiger partial charge in [0.2, 0.25) is 11.7 Å². The van der Waals surface area contributed by atoms with Gasteiger partial charge in [-0.1, -0.05) is 29.4 Å². The Morgan fingerprint density at radius 3 is 3.04 bits per heavy atom. The molecule has 3 rings (SSSR count). The largest absolute Gasteiger partial charge is 0.339 e. The van der Waals surface area contributed by atoms with Crippen molar-refractivity contribution < 1.29 is 9.32 Å². The Bertz CT molecular complexity index is 698. The highest BCUT2D eigenvalue weighted by Crippen LogP contribution is 2.23. The molecule has 0 saturated carbocycles. The van der Waals surface area contributed by atoms with Crippen LogP contribution in [0.1, 0.15) is 31.2 Å². The second kappa shape index (κ2) is 7.47. The molecule has 1 N–H and O–H groups in total. The zero-order chi connectivity index (χ0) is 16.9. The normalized spacial score (nSPS) is 17.8. The van der Waals surface area contributed by atoms with Crippen molar-refractivity contribution in [3.63, 3.8) is 0 Å². The van der Waals surface area contributed by atoms with Crippen LogP contribution in [-0.4, -0.2) is 40.7 Å². The molecule has 6 heteroatoms. The third-order valence-electron chi connectivity index (χ3n) is 4.45. The van der Waals surface area contributed by atoms with Gasteiger partial charge in [-0.2, -0.15) is 4.98 Å². The van der Waals surface area contributed by atoms with E-state index in [4.69, 9.17) is 4.52 Å². The summed E-state index contributed by atoms with van der Waals surface area (Å²) in [7, 11) is 0. The summed E-state index contributed by atoms with van der Waals surface area (Å²) in [5, 5.41) is 6.98. The van der Waals surface area contributed by atoms with E-state index >= 15 is 0 Å². The maximum Gasteiger partial charge on any atom is 0.317 e. The van der Waals surface area contributed by atoms with Crippen LogP contribution in [-0.2, 0) is 6.42 Å². The number of aromatic nitrogens is 2. The summed E-state index contributed by atoms with van der Waals surface area (Å²) in [5.41, 5.74) is 2.13. The third kappa shape index (κ3) is 3.75. The topological polar surface area (TPSA) is 71.3 Å². The SMILES string of the molecule is CCNC(=O)N1CCCC(Cc2nc(-c3ccccc3C)no2)C1. The van der Waals surface area contributed by atoms with Gasteiger partial charge >= 0.3 is 6.03 Å². The minimum atomic E-state index is 0.0216. The predicted octanol–water partition coefficient (Wildman–Crippen LogP) is 3.03. The van der Waals surface area contributed by atoms with Gasteiger partial charge in [0.15, 0.2) is 0 Å². The number of nitrogens with one attached hydrogen (secondary N) is 1. The van der Waals surface area contributed by atoms with Crippen molar-refractivity contribution in [2.45, 2.75) is 33.1 Å². The summed E-state index contributed by atoms with van der Waals surface area (Å²) in [6.07, 6.45) is 2.81. The zero-order valence-corrected chi connectivity index (χ0v) is 14.3. The Kier molecular flexibility index (Phi) is 5.13. The minimum absolute atomic E-state index is 0.0216. The van der Waals surface area contributed by atoms with Gasteiger partial charge in [-0.05, 0) is 38.2 Å². The van der Waals surface area contributed by atoms with E-state index in [1.807, 2.05) is 43.0 Å². The third-order valence-corrected chi connectivity index (χ3v) is 4.45. The molecule has 2 amide bonds. The summed E-state index contributed by atoms with van der Waals surface area (Å²) < 4.78 is 5.44. The standard InChI is InChI=1S/C18H24N4O2/c1-3-19-18(23)22-10-6-8-14(12-22)11-16-20-17(21-24-16)15-9-5-4-7-13(15)2/h4-5,7,9,14H,3,6,8,10-12H2,1-2H3,(H,19,23). The number of carbonyl (C=O) groups excluding carboxylic acids is 1. The van der Waals surface area contributed by atoms with E-state index in [0.29, 0.717) is 24.2 Å². The first-order valence-electron chi connectivity index (χ1n) is 8.58. The van der Waals surface area contributed by atoms with Gasteiger partial charge in [0, 0.05) is 31.6 Å². The van der Waals surface area contributed by atoms with Crippen LogP contribution in [0.3, 0.4) is 0 Å². The second-order valence-electron chi connectivity index (χ2n) is 6.32. The summed E-state index contributed by atoms with van der Waals surface area (Å²) >= 11 is 0. The number of amides is 2. The van der Waals surface area contributed by atoms with Crippen molar-refractivity contribution in [2.75, 3.05) is 19.6 Å². The van der Waals surface area contributed by atoms with Crippen molar-refractivity contribution in [1.82, 2.24) is 20.4 Å². The number of rotatable bonds is 4. The van der Waals surface area contributed by atoms with Gasteiger partial charge < -0.3 is 14.7 Å². The molecule has 1 saturated heterocycles. The fraction of sp³-hybridized carbons (Fsp3) is 0.500. The number of hydrogen-bond donors (Lipinski definition) is 1. The Hall–Kier alpha value is -2.37. The lowest BCUT2D eigenvalue weighted by Crippen LogP contribution is -2.45. The van der Waals surface area contributed by atoms with Crippen LogP contribution in [0, 0.1) is 12.8 Å². The molecule has 24 heavy (non-hydrogen) atoms. The summed E-state index contributed by atoms with van der Waals surface area (Å²) in [5.74, 6) is 1.65. The molecule has 2 heterocycles. The Labute approximate surface area is 142 Å². The molecular weight excluding hydrogens is 304 g/mol. The van der Waals surface area contributed by atoms with Gasteiger partial charge in [0.1, 0.15) is 0 Å². The fourth-order valence-corrected chi connectivity index (χ4v) is 3.20. The molecule has 1 fully saturated rings. The van der Waals surface area contributed by atoms with Gasteiger partial charge in [-0.25, -0.2) is 4.79 Å². The molecule has 1 aromatic heterocycles. The maximum atomic E-state index is 12.0. The van der Waals surface area contributed by atoms with Crippen molar-refractivity contribution in [2.24, 2.45) is 5.92 Å². The van der Waals surface area contributed by atoms with E-state index in [1.165, 1.54) is 0 Å². The number of piperidine rings is 1. The number of urea groups is 1. The number of carbonyl (C=O) groups is 1. The van der Waals surface area contributed by atoms with Crippen LogP contribution in [0.15, 0.2) is 28.8 Å². The van der Waals surface area contributed by atoms with E-state index in [0.717, 1.165) is 43.5 Å². The number of benzene rings is 1. The van der Waals surface area contributed by atoms with E-state index in [1.54, 1.807) is 0 Å². The highest BCUT2D eigenvalue weighted by Gasteiger charge is 2.25. The average molecular weight is 328 g/mol. The molecule has 2 aromatic rings. The molecule has 0 bridgehead atoms. The molecule has 0 spiro atoms. The lowest BCUT2D eigenvalue weighted by atomic mass is 9.95. The first-order chi connectivity index (χ1) is 11.7. The number of hydrogen-bond acceptors (Lipinski definition) is 4. The van der Waals surface area contributed by atoms with E-state index in [2.05, 4.69) is 15.5 Å². The van der Waals surface area contributed by atoms with E-state index < -0.39 is 0 Å². The van der Waals surface area contributed by atoms with Crippen LogP contribution in [0.2, 0.25) is 0 Å². The Morgan fingerprint density at radius 1 is 1.42 bits per heavy atom. The molecule has 1 aliphatic rings. The molecule has 1 unspecified atom stereocenters. The highest BCUT2D eigenvalue weighted by atomic mass is 16.5. The van der Waals surface area contributed by atoms with Crippen molar-refractivity contribution >= 4 is 6.03 Å². The van der Waals surface area contributed by atoms with Crippen molar-refractivity contribution in [3.8, 4) is 11.4 Å². The lowest BCUT2D eigenvalue weighted by molar-refractivity contribution is 0.162.